The molecule has 0 unspecified atom stereocenters. The Hall–Kier alpha value is -1.37. The standard InChI is InChI=1S/C15H24N2O3S/c1-6-9-17(4)21(18,19)14-7-8-15(20-5)13(10-14)11-16-12(2)3/h6-8,10,12,16H,1,9,11H2,2-5H3. The zero-order chi connectivity index (χ0) is 16.0. The highest BCUT2D eigenvalue weighted by atomic mass is 32.2. The van der Waals surface area contributed by atoms with Gasteiger partial charge in [-0.25, -0.2) is 8.42 Å². The molecule has 0 spiro atoms. The van der Waals surface area contributed by atoms with Gasteiger partial charge in [0.05, 0.1) is 12.0 Å². The first-order valence-electron chi connectivity index (χ1n) is 6.80. The van der Waals surface area contributed by atoms with E-state index in [1.54, 1.807) is 31.4 Å². The second-order valence-corrected chi connectivity index (χ2v) is 7.13. The minimum Gasteiger partial charge on any atom is -0.496 e. The monoisotopic (exact) mass is 312 g/mol. The van der Waals surface area contributed by atoms with Crippen molar-refractivity contribution in [1.82, 2.24) is 9.62 Å². The predicted octanol–water partition coefficient (Wildman–Crippen LogP) is 2.00. The van der Waals surface area contributed by atoms with E-state index in [1.807, 2.05) is 13.8 Å². The topological polar surface area (TPSA) is 58.6 Å². The van der Waals surface area contributed by atoms with Gasteiger partial charge >= 0.3 is 0 Å². The maximum Gasteiger partial charge on any atom is 0.243 e. The minimum absolute atomic E-state index is 0.258. The fourth-order valence-electron chi connectivity index (χ4n) is 1.83. The van der Waals surface area contributed by atoms with Gasteiger partial charge in [-0.2, -0.15) is 4.31 Å². The van der Waals surface area contributed by atoms with E-state index in [1.165, 1.54) is 11.4 Å². The van der Waals surface area contributed by atoms with E-state index >= 15 is 0 Å². The molecular weight excluding hydrogens is 288 g/mol. The van der Waals surface area contributed by atoms with E-state index in [-0.39, 0.29) is 11.4 Å². The van der Waals surface area contributed by atoms with Gasteiger partial charge in [-0.1, -0.05) is 19.9 Å². The van der Waals surface area contributed by atoms with Crippen LogP contribution in [-0.4, -0.2) is 39.5 Å². The molecule has 0 aliphatic rings. The molecule has 0 saturated carbocycles. The molecule has 1 N–H and O–H groups in total. The Morgan fingerprint density at radius 3 is 2.62 bits per heavy atom. The van der Waals surface area contributed by atoms with Crippen LogP contribution in [-0.2, 0) is 16.6 Å². The molecular formula is C15H24N2O3S. The van der Waals surface area contributed by atoms with Gasteiger partial charge in [0.1, 0.15) is 5.75 Å². The molecule has 0 radical (unpaired) electrons. The molecule has 0 aromatic heterocycles. The first kappa shape index (κ1) is 17.7. The summed E-state index contributed by atoms with van der Waals surface area (Å²) in [5.41, 5.74) is 0.819. The summed E-state index contributed by atoms with van der Waals surface area (Å²) in [5, 5.41) is 3.26. The van der Waals surface area contributed by atoms with Crippen LogP contribution >= 0.6 is 0 Å². The SMILES string of the molecule is C=CCN(C)S(=O)(=O)c1ccc(OC)c(CNC(C)C)c1. The Bertz CT molecular complexity index is 583. The van der Waals surface area contributed by atoms with E-state index in [2.05, 4.69) is 11.9 Å². The second-order valence-electron chi connectivity index (χ2n) is 5.08. The fraction of sp³-hybridized carbons (Fsp3) is 0.467. The Morgan fingerprint density at radius 1 is 1.43 bits per heavy atom. The Balaban J connectivity index is 3.15. The van der Waals surface area contributed by atoms with Crippen molar-refractivity contribution in [2.24, 2.45) is 0 Å². The molecule has 0 bridgehead atoms. The number of ether oxygens (including phenoxy) is 1. The third kappa shape index (κ3) is 4.56. The van der Waals surface area contributed by atoms with Gasteiger partial charge in [0.25, 0.3) is 0 Å². The smallest absolute Gasteiger partial charge is 0.243 e. The van der Waals surface area contributed by atoms with E-state index in [9.17, 15) is 8.42 Å². The normalized spacial score (nSPS) is 11.9. The minimum atomic E-state index is -3.51. The van der Waals surface area contributed by atoms with Crippen LogP contribution in [0.25, 0.3) is 0 Å². The van der Waals surface area contributed by atoms with Gasteiger partial charge in [0.15, 0.2) is 0 Å². The molecule has 5 nitrogen and oxygen atoms in total. The number of hydrogen-bond acceptors (Lipinski definition) is 4. The van der Waals surface area contributed by atoms with Gasteiger partial charge in [0.2, 0.25) is 10.0 Å². The fourth-order valence-corrected chi connectivity index (χ4v) is 3.02. The zero-order valence-electron chi connectivity index (χ0n) is 13.1. The average Bonchev–Trinajstić information content (AvgIpc) is 2.44. The lowest BCUT2D eigenvalue weighted by molar-refractivity contribution is 0.405. The van der Waals surface area contributed by atoms with Crippen molar-refractivity contribution >= 4 is 10.0 Å². The van der Waals surface area contributed by atoms with Crippen LogP contribution in [0.4, 0.5) is 0 Å². The summed E-state index contributed by atoms with van der Waals surface area (Å²) in [6, 6.07) is 5.21. The van der Waals surface area contributed by atoms with Crippen LogP contribution in [0.15, 0.2) is 35.7 Å². The molecule has 0 aliphatic heterocycles. The molecule has 0 fully saturated rings. The summed E-state index contributed by atoms with van der Waals surface area (Å²) in [4.78, 5) is 0.258. The van der Waals surface area contributed by atoms with Crippen molar-refractivity contribution in [3.05, 3.63) is 36.4 Å². The number of nitrogens with one attached hydrogen (secondary N) is 1. The molecule has 0 atom stereocenters. The van der Waals surface area contributed by atoms with Crippen molar-refractivity contribution < 1.29 is 13.2 Å². The quantitative estimate of drug-likeness (QED) is 0.746. The molecule has 0 heterocycles. The highest BCUT2D eigenvalue weighted by molar-refractivity contribution is 7.89. The highest BCUT2D eigenvalue weighted by Crippen LogP contribution is 2.24. The van der Waals surface area contributed by atoms with Gasteiger partial charge in [-0.3, -0.25) is 0 Å². The Kier molecular flexibility index (Phi) is 6.39. The number of hydrogen-bond donors (Lipinski definition) is 1. The van der Waals surface area contributed by atoms with Crippen LogP contribution in [0.2, 0.25) is 0 Å². The van der Waals surface area contributed by atoms with Crippen molar-refractivity contribution in [3.8, 4) is 5.75 Å². The van der Waals surface area contributed by atoms with E-state index in [0.717, 1.165) is 5.56 Å². The number of methoxy groups -OCH3 is 1. The lowest BCUT2D eigenvalue weighted by Gasteiger charge is -2.17. The predicted molar refractivity (Wildman–Crippen MR) is 85.0 cm³/mol. The van der Waals surface area contributed by atoms with Crippen molar-refractivity contribution in [1.29, 1.82) is 0 Å². The molecule has 118 valence electrons. The van der Waals surface area contributed by atoms with Gasteiger partial charge in [-0.15, -0.1) is 6.58 Å². The lowest BCUT2D eigenvalue weighted by atomic mass is 10.2. The van der Waals surface area contributed by atoms with Crippen LogP contribution in [0, 0.1) is 0 Å². The summed E-state index contributed by atoms with van der Waals surface area (Å²) in [7, 11) is -0.398. The van der Waals surface area contributed by atoms with Gasteiger partial charge in [0, 0.05) is 31.7 Å². The molecule has 1 rings (SSSR count). The molecule has 21 heavy (non-hydrogen) atoms. The number of nitrogens with zero attached hydrogens (tertiary/aromatic N) is 1. The van der Waals surface area contributed by atoms with Gasteiger partial charge < -0.3 is 10.1 Å². The maximum absolute atomic E-state index is 12.4. The average molecular weight is 312 g/mol. The van der Waals surface area contributed by atoms with Crippen LogP contribution in [0.5, 0.6) is 5.75 Å². The van der Waals surface area contributed by atoms with Crippen LogP contribution in [0.3, 0.4) is 0 Å². The Labute approximate surface area is 127 Å². The van der Waals surface area contributed by atoms with Crippen LogP contribution < -0.4 is 10.1 Å². The highest BCUT2D eigenvalue weighted by Gasteiger charge is 2.21. The third-order valence-electron chi connectivity index (χ3n) is 3.05. The molecule has 0 aliphatic carbocycles. The summed E-state index contributed by atoms with van der Waals surface area (Å²) in [5.74, 6) is 0.675. The number of sulfonamides is 1. The zero-order valence-corrected chi connectivity index (χ0v) is 13.9. The molecule has 6 heteroatoms. The molecule has 1 aromatic rings. The number of rotatable bonds is 8. The maximum atomic E-state index is 12.4. The first-order chi connectivity index (χ1) is 9.82. The number of likely N-dealkylation sites (N-methyl/N-ethyl adjacent to an activating group) is 1. The summed E-state index contributed by atoms with van der Waals surface area (Å²) in [6.45, 7) is 8.45. The molecule has 1 aromatic carbocycles. The summed E-state index contributed by atoms with van der Waals surface area (Å²) in [6.07, 6.45) is 1.56. The lowest BCUT2D eigenvalue weighted by Crippen LogP contribution is -2.27. The largest absolute Gasteiger partial charge is 0.496 e. The van der Waals surface area contributed by atoms with Crippen molar-refractivity contribution in [2.45, 2.75) is 31.3 Å². The molecule has 0 amide bonds. The Morgan fingerprint density at radius 2 is 2.10 bits per heavy atom. The first-order valence-corrected chi connectivity index (χ1v) is 8.24. The summed E-state index contributed by atoms with van der Waals surface area (Å²) >= 11 is 0. The van der Waals surface area contributed by atoms with Gasteiger partial charge in [-0.05, 0) is 18.2 Å². The number of benzene rings is 1. The third-order valence-corrected chi connectivity index (χ3v) is 4.87. The van der Waals surface area contributed by atoms with E-state index in [4.69, 9.17) is 4.74 Å². The molecule has 0 saturated heterocycles. The van der Waals surface area contributed by atoms with E-state index < -0.39 is 10.0 Å². The summed E-state index contributed by atoms with van der Waals surface area (Å²) < 4.78 is 31.4. The van der Waals surface area contributed by atoms with Crippen molar-refractivity contribution in [3.63, 3.8) is 0 Å². The van der Waals surface area contributed by atoms with E-state index in [0.29, 0.717) is 18.3 Å². The van der Waals surface area contributed by atoms with Crippen molar-refractivity contribution in [2.75, 3.05) is 20.7 Å². The van der Waals surface area contributed by atoms with Crippen LogP contribution in [0.1, 0.15) is 19.4 Å². The second kappa shape index (κ2) is 7.59.